The molecule has 0 fully saturated rings. The van der Waals surface area contributed by atoms with Crippen LogP contribution in [0.25, 0.3) is 0 Å². The summed E-state index contributed by atoms with van der Waals surface area (Å²) in [4.78, 5) is 24.5. The van der Waals surface area contributed by atoms with Crippen LogP contribution in [0.3, 0.4) is 0 Å². The topological polar surface area (TPSA) is 84.9 Å². The van der Waals surface area contributed by atoms with Gasteiger partial charge in [0.1, 0.15) is 23.0 Å². The van der Waals surface area contributed by atoms with Crippen molar-refractivity contribution in [3.8, 4) is 23.0 Å². The molecule has 3 aromatic carbocycles. The molecule has 2 N–H and O–H groups in total. The Bertz CT molecular complexity index is 1080. The number of aromatic hydroxyl groups is 1. The lowest BCUT2D eigenvalue weighted by Gasteiger charge is -2.09. The molecule has 3 aromatic rings. The Morgan fingerprint density at radius 2 is 1.33 bits per heavy atom. The predicted octanol–water partition coefficient (Wildman–Crippen LogP) is 6.81. The Labute approximate surface area is 213 Å². The van der Waals surface area contributed by atoms with Crippen LogP contribution < -0.4 is 14.8 Å². The Morgan fingerprint density at radius 1 is 0.750 bits per heavy atom. The number of hydrogen-bond donors (Lipinski definition) is 2. The molecular formula is C30H35NO5. The molecule has 2 amide bonds. The van der Waals surface area contributed by atoms with Crippen LogP contribution in [-0.2, 0) is 11.2 Å². The number of benzene rings is 3. The van der Waals surface area contributed by atoms with Crippen molar-refractivity contribution in [2.75, 3.05) is 6.61 Å². The Hall–Kier alpha value is -3.80. The number of hydrogen-bond acceptors (Lipinski definition) is 5. The van der Waals surface area contributed by atoms with Crippen LogP contribution in [0, 0.1) is 0 Å². The van der Waals surface area contributed by atoms with Crippen molar-refractivity contribution in [1.82, 2.24) is 5.32 Å². The third-order valence-electron chi connectivity index (χ3n) is 5.78. The highest BCUT2D eigenvalue weighted by Crippen LogP contribution is 2.25. The maximum absolute atomic E-state index is 12.4. The summed E-state index contributed by atoms with van der Waals surface area (Å²) in [6.45, 7) is 2.37. The van der Waals surface area contributed by atoms with Gasteiger partial charge in [0.05, 0.1) is 13.0 Å². The van der Waals surface area contributed by atoms with E-state index in [1.165, 1.54) is 37.7 Å². The van der Waals surface area contributed by atoms with E-state index in [9.17, 15) is 14.7 Å². The van der Waals surface area contributed by atoms with Crippen LogP contribution >= 0.6 is 0 Å². The van der Waals surface area contributed by atoms with Crippen molar-refractivity contribution < 1.29 is 24.2 Å². The maximum atomic E-state index is 12.4. The summed E-state index contributed by atoms with van der Waals surface area (Å²) in [7, 11) is 0. The first-order valence-corrected chi connectivity index (χ1v) is 12.7. The molecule has 3 rings (SSSR count). The molecule has 6 heteroatoms. The zero-order valence-electron chi connectivity index (χ0n) is 20.9. The molecule has 0 atom stereocenters. The molecule has 0 saturated heterocycles. The van der Waals surface area contributed by atoms with Gasteiger partial charge in [-0.2, -0.15) is 0 Å². The highest BCUT2D eigenvalue weighted by molar-refractivity contribution is 6.04. The summed E-state index contributed by atoms with van der Waals surface area (Å²) >= 11 is 0. The van der Waals surface area contributed by atoms with E-state index in [1.54, 1.807) is 60.7 Å². The van der Waals surface area contributed by atoms with Gasteiger partial charge in [0, 0.05) is 5.56 Å². The quantitative estimate of drug-likeness (QED) is 0.243. The van der Waals surface area contributed by atoms with E-state index in [4.69, 9.17) is 9.47 Å². The summed E-state index contributed by atoms with van der Waals surface area (Å²) in [5.41, 5.74) is 1.68. The molecular weight excluding hydrogens is 454 g/mol. The van der Waals surface area contributed by atoms with Crippen LogP contribution in [-0.4, -0.2) is 23.5 Å². The van der Waals surface area contributed by atoms with Crippen molar-refractivity contribution in [1.29, 1.82) is 0 Å². The number of imide groups is 1. The second-order valence-corrected chi connectivity index (χ2v) is 8.76. The number of ether oxygens (including phenoxy) is 2. The Morgan fingerprint density at radius 3 is 2.00 bits per heavy atom. The van der Waals surface area contributed by atoms with Gasteiger partial charge < -0.3 is 14.6 Å². The van der Waals surface area contributed by atoms with Crippen molar-refractivity contribution in [3.05, 3.63) is 83.9 Å². The van der Waals surface area contributed by atoms with Crippen molar-refractivity contribution in [2.45, 2.75) is 58.3 Å². The highest BCUT2D eigenvalue weighted by atomic mass is 16.5. The van der Waals surface area contributed by atoms with Crippen molar-refractivity contribution >= 4 is 11.8 Å². The zero-order chi connectivity index (χ0) is 25.6. The molecule has 0 aliphatic carbocycles. The molecule has 0 spiro atoms. The van der Waals surface area contributed by atoms with E-state index in [1.807, 2.05) is 12.1 Å². The molecule has 0 aliphatic rings. The molecule has 0 radical (unpaired) electrons. The molecule has 0 aromatic heterocycles. The second-order valence-electron chi connectivity index (χ2n) is 8.76. The van der Waals surface area contributed by atoms with Crippen LogP contribution in [0.15, 0.2) is 72.8 Å². The van der Waals surface area contributed by atoms with Gasteiger partial charge in [0.25, 0.3) is 5.91 Å². The molecule has 0 aliphatic heterocycles. The highest BCUT2D eigenvalue weighted by Gasteiger charge is 2.11. The van der Waals surface area contributed by atoms with Gasteiger partial charge in [-0.05, 0) is 79.1 Å². The smallest absolute Gasteiger partial charge is 0.257 e. The minimum Gasteiger partial charge on any atom is -0.508 e. The van der Waals surface area contributed by atoms with Crippen LogP contribution in [0.5, 0.6) is 23.0 Å². The zero-order valence-corrected chi connectivity index (χ0v) is 20.9. The normalized spacial score (nSPS) is 10.6. The molecule has 0 saturated carbocycles. The Kier molecular flexibility index (Phi) is 10.8. The lowest BCUT2D eigenvalue weighted by atomic mass is 10.0. The van der Waals surface area contributed by atoms with E-state index >= 15 is 0 Å². The molecule has 6 nitrogen and oxygen atoms in total. The summed E-state index contributed by atoms with van der Waals surface area (Å²) in [5.74, 6) is 1.21. The number of nitrogens with one attached hydrogen (secondary N) is 1. The van der Waals surface area contributed by atoms with Gasteiger partial charge in [0.2, 0.25) is 5.91 Å². The van der Waals surface area contributed by atoms with E-state index in [0.717, 1.165) is 12.8 Å². The van der Waals surface area contributed by atoms with Gasteiger partial charge >= 0.3 is 0 Å². The lowest BCUT2D eigenvalue weighted by Crippen LogP contribution is -2.31. The molecule has 36 heavy (non-hydrogen) atoms. The Balaban J connectivity index is 1.34. The number of carbonyl (C=O) groups excluding carboxylic acids is 2. The fourth-order valence-corrected chi connectivity index (χ4v) is 3.71. The van der Waals surface area contributed by atoms with E-state index < -0.39 is 5.91 Å². The number of phenolic OH excluding ortho intramolecular Hbond substituents is 1. The van der Waals surface area contributed by atoms with Crippen LogP contribution in [0.4, 0.5) is 0 Å². The molecule has 190 valence electrons. The average molecular weight is 490 g/mol. The third-order valence-corrected chi connectivity index (χ3v) is 5.78. The molecule has 0 heterocycles. The second kappa shape index (κ2) is 14.6. The summed E-state index contributed by atoms with van der Waals surface area (Å²) in [5, 5.41) is 11.7. The van der Waals surface area contributed by atoms with Gasteiger partial charge in [-0.15, -0.1) is 0 Å². The SMILES string of the molecule is CCCCCCCCc1ccc(C(=O)NC(=O)CCOc2ccc(Oc3ccc(O)cc3)cc2)cc1. The van der Waals surface area contributed by atoms with Gasteiger partial charge in [-0.25, -0.2) is 0 Å². The first kappa shape index (κ1) is 26.8. The third kappa shape index (κ3) is 9.45. The van der Waals surface area contributed by atoms with E-state index in [0.29, 0.717) is 22.8 Å². The minimum atomic E-state index is -0.401. The fraction of sp³-hybridized carbons (Fsp3) is 0.333. The fourth-order valence-electron chi connectivity index (χ4n) is 3.71. The van der Waals surface area contributed by atoms with Crippen molar-refractivity contribution in [3.63, 3.8) is 0 Å². The van der Waals surface area contributed by atoms with Gasteiger partial charge in [-0.3, -0.25) is 14.9 Å². The minimum absolute atomic E-state index is 0.0631. The summed E-state index contributed by atoms with van der Waals surface area (Å²) in [6, 6.07) is 20.9. The summed E-state index contributed by atoms with van der Waals surface area (Å²) in [6.07, 6.45) is 8.60. The monoisotopic (exact) mass is 489 g/mol. The first-order chi connectivity index (χ1) is 17.5. The lowest BCUT2D eigenvalue weighted by molar-refractivity contribution is -0.120. The largest absolute Gasteiger partial charge is 0.508 e. The number of amides is 2. The van der Waals surface area contributed by atoms with Gasteiger partial charge in [-0.1, -0.05) is 51.2 Å². The predicted molar refractivity (Wildman–Crippen MR) is 141 cm³/mol. The van der Waals surface area contributed by atoms with Crippen LogP contribution in [0.2, 0.25) is 0 Å². The molecule has 0 unspecified atom stereocenters. The number of carbonyl (C=O) groups is 2. The van der Waals surface area contributed by atoms with Crippen molar-refractivity contribution in [2.24, 2.45) is 0 Å². The maximum Gasteiger partial charge on any atom is 0.257 e. The van der Waals surface area contributed by atoms with Crippen LogP contribution in [0.1, 0.15) is 67.8 Å². The first-order valence-electron chi connectivity index (χ1n) is 12.7. The number of unbranched alkanes of at least 4 members (excludes halogenated alkanes) is 5. The standard InChI is InChI=1S/C30H35NO5/c1-2-3-4-5-6-7-8-23-9-11-24(12-10-23)30(34)31-29(33)21-22-35-26-17-19-28(20-18-26)36-27-15-13-25(32)14-16-27/h9-20,32H,2-8,21-22H2,1H3,(H,31,33,34). The molecule has 0 bridgehead atoms. The van der Waals surface area contributed by atoms with Gasteiger partial charge in [0.15, 0.2) is 0 Å². The van der Waals surface area contributed by atoms with E-state index in [2.05, 4.69) is 12.2 Å². The number of aryl methyl sites for hydroxylation is 1. The number of phenols is 1. The summed E-state index contributed by atoms with van der Waals surface area (Å²) < 4.78 is 11.3. The number of rotatable bonds is 14. The average Bonchev–Trinajstić information content (AvgIpc) is 2.89. The van der Waals surface area contributed by atoms with E-state index in [-0.39, 0.29) is 24.7 Å².